The maximum absolute atomic E-state index is 11.9. The van der Waals surface area contributed by atoms with Crippen LogP contribution in [0.15, 0.2) is 34.9 Å². The largest absolute Gasteiger partial charge is 0.345 e. The molecule has 0 fully saturated rings. The third kappa shape index (κ3) is 3.66. The highest BCUT2D eigenvalue weighted by Crippen LogP contribution is 2.18. The Morgan fingerprint density at radius 2 is 1.90 bits per heavy atom. The second kappa shape index (κ2) is 6.49. The van der Waals surface area contributed by atoms with Crippen molar-refractivity contribution in [1.82, 2.24) is 15.5 Å². The van der Waals surface area contributed by atoms with Gasteiger partial charge in [-0.1, -0.05) is 37.2 Å². The zero-order valence-electron chi connectivity index (χ0n) is 12.4. The molecule has 3 N–H and O–H groups in total. The van der Waals surface area contributed by atoms with Crippen molar-refractivity contribution < 1.29 is 9.32 Å². The topological polar surface area (TPSA) is 94.0 Å². The van der Waals surface area contributed by atoms with E-state index in [1.807, 2.05) is 44.2 Å². The summed E-state index contributed by atoms with van der Waals surface area (Å²) in [7, 11) is 0. The van der Waals surface area contributed by atoms with Crippen molar-refractivity contribution in [2.75, 3.05) is 0 Å². The van der Waals surface area contributed by atoms with Gasteiger partial charge < -0.3 is 15.6 Å². The first-order valence-corrected chi connectivity index (χ1v) is 6.94. The van der Waals surface area contributed by atoms with Gasteiger partial charge in [0.15, 0.2) is 5.82 Å². The summed E-state index contributed by atoms with van der Waals surface area (Å²) in [5, 5.41) is 6.70. The van der Waals surface area contributed by atoms with Gasteiger partial charge in [0.2, 0.25) is 5.91 Å². The minimum Gasteiger partial charge on any atom is -0.345 e. The maximum Gasteiger partial charge on any atom is 0.257 e. The number of aromatic nitrogens is 2. The Bertz CT molecular complexity index is 595. The van der Waals surface area contributed by atoms with Crippen molar-refractivity contribution in [2.24, 2.45) is 11.7 Å². The van der Waals surface area contributed by atoms with Crippen molar-refractivity contribution in [3.8, 4) is 11.5 Å². The number of nitrogens with one attached hydrogen (secondary N) is 1. The molecule has 1 unspecified atom stereocenters. The molecule has 0 spiro atoms. The van der Waals surface area contributed by atoms with Crippen LogP contribution in [0.3, 0.4) is 0 Å². The molecule has 1 amide bonds. The summed E-state index contributed by atoms with van der Waals surface area (Å²) in [5.41, 5.74) is 6.65. The molecular weight excluding hydrogens is 268 g/mol. The lowest BCUT2D eigenvalue weighted by Gasteiger charge is -2.17. The van der Waals surface area contributed by atoms with Crippen LogP contribution in [0, 0.1) is 5.92 Å². The van der Waals surface area contributed by atoms with Crippen LogP contribution >= 0.6 is 0 Å². The number of hydrogen-bond acceptors (Lipinski definition) is 5. The summed E-state index contributed by atoms with van der Waals surface area (Å²) < 4.78 is 5.22. The maximum atomic E-state index is 11.9. The lowest BCUT2D eigenvalue weighted by atomic mass is 10.0. The Labute approximate surface area is 123 Å². The Kier molecular flexibility index (Phi) is 4.70. The molecule has 1 aromatic heterocycles. The Morgan fingerprint density at radius 3 is 2.52 bits per heavy atom. The van der Waals surface area contributed by atoms with E-state index in [-0.39, 0.29) is 17.9 Å². The third-order valence-corrected chi connectivity index (χ3v) is 3.23. The van der Waals surface area contributed by atoms with Gasteiger partial charge in [-0.05, 0) is 25.0 Å². The van der Waals surface area contributed by atoms with Crippen molar-refractivity contribution in [3.05, 3.63) is 36.2 Å². The molecule has 6 nitrogen and oxygen atoms in total. The molecule has 2 rings (SSSR count). The van der Waals surface area contributed by atoms with Gasteiger partial charge in [-0.2, -0.15) is 4.98 Å². The molecule has 1 aromatic carbocycles. The molecular formula is C15H20N4O2. The fourth-order valence-electron chi connectivity index (χ4n) is 1.79. The van der Waals surface area contributed by atoms with Crippen LogP contribution in [0.4, 0.5) is 0 Å². The Balaban J connectivity index is 2.06. The minimum atomic E-state index is -0.548. The van der Waals surface area contributed by atoms with Crippen molar-refractivity contribution in [2.45, 2.75) is 32.9 Å². The highest BCUT2D eigenvalue weighted by atomic mass is 16.5. The monoisotopic (exact) mass is 288 g/mol. The van der Waals surface area contributed by atoms with E-state index >= 15 is 0 Å². The number of carbonyl (C=O) groups is 1. The molecule has 0 aliphatic carbocycles. The van der Waals surface area contributed by atoms with Crippen LogP contribution in [0.2, 0.25) is 0 Å². The lowest BCUT2D eigenvalue weighted by molar-refractivity contribution is -0.123. The van der Waals surface area contributed by atoms with E-state index in [1.54, 1.807) is 6.92 Å². The molecule has 0 radical (unpaired) electrons. The molecule has 2 atom stereocenters. The normalized spacial score (nSPS) is 14.0. The number of benzene rings is 1. The van der Waals surface area contributed by atoms with E-state index in [0.29, 0.717) is 11.7 Å². The number of nitrogens with zero attached hydrogens (tertiary/aromatic N) is 2. The zero-order chi connectivity index (χ0) is 15.4. The fourth-order valence-corrected chi connectivity index (χ4v) is 1.79. The van der Waals surface area contributed by atoms with Gasteiger partial charge in [0.1, 0.15) is 0 Å². The van der Waals surface area contributed by atoms with Gasteiger partial charge in [-0.15, -0.1) is 0 Å². The van der Waals surface area contributed by atoms with Crippen LogP contribution in [0.5, 0.6) is 0 Å². The molecule has 0 bridgehead atoms. The molecule has 0 aliphatic rings. The van der Waals surface area contributed by atoms with Crippen LogP contribution in [0.1, 0.15) is 32.6 Å². The van der Waals surface area contributed by atoms with Gasteiger partial charge in [0.25, 0.3) is 5.89 Å². The molecule has 0 saturated carbocycles. The average molecular weight is 288 g/mol. The molecule has 6 heteroatoms. The van der Waals surface area contributed by atoms with Gasteiger partial charge in [0.05, 0.1) is 12.1 Å². The Morgan fingerprint density at radius 1 is 1.24 bits per heavy atom. The van der Waals surface area contributed by atoms with E-state index in [4.69, 9.17) is 10.3 Å². The first kappa shape index (κ1) is 15.2. The van der Waals surface area contributed by atoms with E-state index in [1.165, 1.54) is 0 Å². The predicted octanol–water partition coefficient (Wildman–Crippen LogP) is 1.90. The summed E-state index contributed by atoms with van der Waals surface area (Å²) in [5.74, 6) is 0.712. The zero-order valence-corrected chi connectivity index (χ0v) is 12.4. The second-order valence-corrected chi connectivity index (χ2v) is 5.32. The fraction of sp³-hybridized carbons (Fsp3) is 0.400. The molecule has 0 aliphatic heterocycles. The summed E-state index contributed by atoms with van der Waals surface area (Å²) >= 11 is 0. The second-order valence-electron chi connectivity index (χ2n) is 5.32. The number of rotatable bonds is 5. The SMILES string of the molecule is CC(NC(=O)[C@@H](N)C(C)C)c1noc(-c2ccccc2)n1. The summed E-state index contributed by atoms with van der Waals surface area (Å²) in [6, 6.07) is 8.57. The van der Waals surface area contributed by atoms with E-state index in [9.17, 15) is 4.79 Å². The van der Waals surface area contributed by atoms with E-state index in [0.717, 1.165) is 5.56 Å². The van der Waals surface area contributed by atoms with Crippen molar-refractivity contribution in [1.29, 1.82) is 0 Å². The summed E-state index contributed by atoms with van der Waals surface area (Å²) in [6.07, 6.45) is 0. The van der Waals surface area contributed by atoms with Crippen LogP contribution < -0.4 is 11.1 Å². The van der Waals surface area contributed by atoms with Crippen LogP contribution in [0.25, 0.3) is 11.5 Å². The van der Waals surface area contributed by atoms with Crippen molar-refractivity contribution >= 4 is 5.91 Å². The van der Waals surface area contributed by atoms with E-state index in [2.05, 4.69) is 15.5 Å². The number of hydrogen-bond donors (Lipinski definition) is 2. The Hall–Kier alpha value is -2.21. The highest BCUT2D eigenvalue weighted by molar-refractivity contribution is 5.82. The molecule has 2 aromatic rings. The quantitative estimate of drug-likeness (QED) is 0.876. The highest BCUT2D eigenvalue weighted by Gasteiger charge is 2.22. The standard InChI is InChI=1S/C15H20N4O2/c1-9(2)12(16)14(20)17-10(3)13-18-15(21-19-13)11-7-5-4-6-8-11/h4-10,12H,16H2,1-3H3,(H,17,20)/t10?,12-/m0/s1. The summed E-state index contributed by atoms with van der Waals surface area (Å²) in [4.78, 5) is 16.2. The van der Waals surface area contributed by atoms with Crippen molar-refractivity contribution in [3.63, 3.8) is 0 Å². The minimum absolute atomic E-state index is 0.0716. The van der Waals surface area contributed by atoms with Gasteiger partial charge in [-0.25, -0.2) is 0 Å². The van der Waals surface area contributed by atoms with Crippen LogP contribution in [-0.4, -0.2) is 22.1 Å². The van der Waals surface area contributed by atoms with Gasteiger partial charge in [-0.3, -0.25) is 4.79 Å². The lowest BCUT2D eigenvalue weighted by Crippen LogP contribution is -2.44. The number of nitrogens with two attached hydrogens (primary N) is 1. The average Bonchev–Trinajstić information content (AvgIpc) is 2.97. The van der Waals surface area contributed by atoms with Gasteiger partial charge >= 0.3 is 0 Å². The van der Waals surface area contributed by atoms with Gasteiger partial charge in [0, 0.05) is 5.56 Å². The first-order chi connectivity index (χ1) is 9.99. The molecule has 21 heavy (non-hydrogen) atoms. The third-order valence-electron chi connectivity index (χ3n) is 3.23. The van der Waals surface area contributed by atoms with Crippen LogP contribution in [-0.2, 0) is 4.79 Å². The number of carbonyl (C=O) groups excluding carboxylic acids is 1. The smallest absolute Gasteiger partial charge is 0.257 e. The van der Waals surface area contributed by atoms with E-state index < -0.39 is 6.04 Å². The molecule has 0 saturated heterocycles. The number of amides is 1. The molecule has 1 heterocycles. The molecule has 112 valence electrons. The predicted molar refractivity (Wildman–Crippen MR) is 79.1 cm³/mol. The summed E-state index contributed by atoms with van der Waals surface area (Å²) in [6.45, 7) is 5.60. The first-order valence-electron chi connectivity index (χ1n) is 6.94.